The van der Waals surface area contributed by atoms with Crippen molar-refractivity contribution >= 4 is 23.2 Å². The highest BCUT2D eigenvalue weighted by atomic mass is 19.1. The van der Waals surface area contributed by atoms with Crippen LogP contribution in [0.25, 0.3) is 0 Å². The zero-order chi connectivity index (χ0) is 20.6. The van der Waals surface area contributed by atoms with Gasteiger partial charge in [0.15, 0.2) is 0 Å². The van der Waals surface area contributed by atoms with Crippen molar-refractivity contribution in [2.24, 2.45) is 0 Å². The summed E-state index contributed by atoms with van der Waals surface area (Å²) in [4.78, 5) is 28.2. The molecule has 0 saturated heterocycles. The van der Waals surface area contributed by atoms with Crippen LogP contribution in [0.4, 0.5) is 15.8 Å². The Labute approximate surface area is 170 Å². The summed E-state index contributed by atoms with van der Waals surface area (Å²) in [6, 6.07) is 25.2. The molecular formula is C24H23FN2O2. The van der Waals surface area contributed by atoms with Gasteiger partial charge in [0, 0.05) is 25.6 Å². The maximum atomic E-state index is 14.1. The van der Waals surface area contributed by atoms with Crippen LogP contribution >= 0.6 is 0 Å². The topological polar surface area (TPSA) is 40.6 Å². The zero-order valence-corrected chi connectivity index (χ0v) is 16.3. The monoisotopic (exact) mass is 390 g/mol. The van der Waals surface area contributed by atoms with Crippen molar-refractivity contribution < 1.29 is 14.0 Å². The fraction of sp³-hybridized carbons (Fsp3) is 0.167. The van der Waals surface area contributed by atoms with Gasteiger partial charge in [-0.05, 0) is 29.8 Å². The van der Waals surface area contributed by atoms with Gasteiger partial charge in [-0.3, -0.25) is 9.59 Å². The molecule has 0 unspecified atom stereocenters. The molecule has 0 radical (unpaired) electrons. The van der Waals surface area contributed by atoms with E-state index in [0.717, 1.165) is 11.3 Å². The Hall–Kier alpha value is -3.47. The number of carbonyl (C=O) groups excluding carboxylic acids is 2. The summed E-state index contributed by atoms with van der Waals surface area (Å²) in [5, 5.41) is 0. The van der Waals surface area contributed by atoms with Gasteiger partial charge in [0.05, 0.1) is 12.2 Å². The lowest BCUT2D eigenvalue weighted by atomic mass is 10.1. The minimum Gasteiger partial charge on any atom is -0.309 e. The highest BCUT2D eigenvalue weighted by molar-refractivity contribution is 5.96. The largest absolute Gasteiger partial charge is 0.309 e. The number of hydrogen-bond acceptors (Lipinski definition) is 2. The maximum Gasteiger partial charge on any atom is 0.229 e. The molecule has 0 heterocycles. The Morgan fingerprint density at radius 2 is 1.38 bits per heavy atom. The van der Waals surface area contributed by atoms with Crippen LogP contribution in [0.15, 0.2) is 84.9 Å². The van der Waals surface area contributed by atoms with Crippen LogP contribution < -0.4 is 9.80 Å². The Bertz CT molecular complexity index is 961. The summed E-state index contributed by atoms with van der Waals surface area (Å²) in [7, 11) is 0. The number of carbonyl (C=O) groups is 2. The molecule has 0 aromatic heterocycles. The molecule has 0 aliphatic heterocycles. The molecule has 3 aromatic rings. The van der Waals surface area contributed by atoms with Crippen LogP contribution in [0.3, 0.4) is 0 Å². The molecule has 0 saturated carbocycles. The normalized spacial score (nSPS) is 10.4. The molecule has 5 heteroatoms. The van der Waals surface area contributed by atoms with Gasteiger partial charge in [-0.25, -0.2) is 4.39 Å². The fourth-order valence-corrected chi connectivity index (χ4v) is 3.16. The quantitative estimate of drug-likeness (QED) is 0.581. The van der Waals surface area contributed by atoms with Crippen LogP contribution in [-0.4, -0.2) is 18.4 Å². The SMILES string of the molecule is CC(=O)N(CCC(=O)N(Cc1ccccc1)c1ccccc1)c1ccccc1F. The first-order valence-corrected chi connectivity index (χ1v) is 9.48. The molecular weight excluding hydrogens is 367 g/mol. The predicted molar refractivity (Wildman–Crippen MR) is 113 cm³/mol. The standard InChI is InChI=1S/C24H23FN2O2/c1-19(28)26(23-15-9-8-14-22(23)25)17-16-24(29)27(21-12-6-3-7-13-21)18-20-10-4-2-5-11-20/h2-15H,16-18H2,1H3. The Kier molecular flexibility index (Phi) is 6.74. The number of hydrogen-bond donors (Lipinski definition) is 0. The van der Waals surface area contributed by atoms with Crippen molar-refractivity contribution in [1.82, 2.24) is 0 Å². The minimum atomic E-state index is -0.487. The van der Waals surface area contributed by atoms with Crippen molar-refractivity contribution in [3.8, 4) is 0 Å². The van der Waals surface area contributed by atoms with Crippen molar-refractivity contribution in [1.29, 1.82) is 0 Å². The number of amides is 2. The Balaban J connectivity index is 1.79. The second kappa shape index (κ2) is 9.64. The lowest BCUT2D eigenvalue weighted by Gasteiger charge is -2.26. The van der Waals surface area contributed by atoms with E-state index >= 15 is 0 Å². The molecule has 0 fully saturated rings. The molecule has 148 valence electrons. The molecule has 0 spiro atoms. The molecule has 3 aromatic carbocycles. The van der Waals surface area contributed by atoms with E-state index in [1.165, 1.54) is 17.9 Å². The predicted octanol–water partition coefficient (Wildman–Crippen LogP) is 4.80. The van der Waals surface area contributed by atoms with E-state index < -0.39 is 5.82 Å². The highest BCUT2D eigenvalue weighted by Gasteiger charge is 2.20. The maximum absolute atomic E-state index is 14.1. The molecule has 0 aliphatic carbocycles. The van der Waals surface area contributed by atoms with Gasteiger partial charge in [0.2, 0.25) is 11.8 Å². The van der Waals surface area contributed by atoms with Crippen LogP contribution in [0, 0.1) is 5.82 Å². The number of benzene rings is 3. The second-order valence-corrected chi connectivity index (χ2v) is 6.67. The number of anilines is 2. The Morgan fingerprint density at radius 1 is 0.793 bits per heavy atom. The smallest absolute Gasteiger partial charge is 0.229 e. The third-order valence-corrected chi connectivity index (χ3v) is 4.63. The first kappa shape index (κ1) is 20.3. The third kappa shape index (κ3) is 5.29. The molecule has 0 atom stereocenters. The van der Waals surface area contributed by atoms with Crippen molar-refractivity contribution in [2.45, 2.75) is 19.9 Å². The first-order chi connectivity index (χ1) is 14.1. The van der Waals surface area contributed by atoms with Crippen LogP contribution in [0.2, 0.25) is 0 Å². The van der Waals surface area contributed by atoms with E-state index in [9.17, 15) is 14.0 Å². The van der Waals surface area contributed by atoms with Crippen molar-refractivity contribution in [2.75, 3.05) is 16.3 Å². The molecule has 3 rings (SSSR count). The third-order valence-electron chi connectivity index (χ3n) is 4.63. The van der Waals surface area contributed by atoms with Crippen LogP contribution in [0.1, 0.15) is 18.9 Å². The van der Waals surface area contributed by atoms with Crippen LogP contribution in [0.5, 0.6) is 0 Å². The van der Waals surface area contributed by atoms with E-state index in [-0.39, 0.29) is 30.5 Å². The van der Waals surface area contributed by atoms with Gasteiger partial charge in [0.25, 0.3) is 0 Å². The van der Waals surface area contributed by atoms with Gasteiger partial charge in [-0.1, -0.05) is 60.7 Å². The van der Waals surface area contributed by atoms with E-state index in [4.69, 9.17) is 0 Å². The van der Waals surface area contributed by atoms with E-state index in [1.807, 2.05) is 60.7 Å². The number of rotatable bonds is 7. The molecule has 0 N–H and O–H groups in total. The van der Waals surface area contributed by atoms with Crippen molar-refractivity contribution in [3.05, 3.63) is 96.3 Å². The van der Waals surface area contributed by atoms with Gasteiger partial charge < -0.3 is 9.80 Å². The summed E-state index contributed by atoms with van der Waals surface area (Å²) >= 11 is 0. The molecule has 0 bridgehead atoms. The molecule has 29 heavy (non-hydrogen) atoms. The van der Waals surface area contributed by atoms with E-state index in [0.29, 0.717) is 6.54 Å². The summed E-state index contributed by atoms with van der Waals surface area (Å²) in [6.07, 6.45) is 0.0790. The second-order valence-electron chi connectivity index (χ2n) is 6.67. The number of halogens is 1. The van der Waals surface area contributed by atoms with Crippen molar-refractivity contribution in [3.63, 3.8) is 0 Å². The first-order valence-electron chi connectivity index (χ1n) is 9.48. The summed E-state index contributed by atoms with van der Waals surface area (Å²) in [5.41, 5.74) is 1.96. The zero-order valence-electron chi connectivity index (χ0n) is 16.3. The van der Waals surface area contributed by atoms with Gasteiger partial charge >= 0.3 is 0 Å². The average Bonchev–Trinajstić information content (AvgIpc) is 2.74. The lowest BCUT2D eigenvalue weighted by molar-refractivity contribution is -0.118. The van der Waals surface area contributed by atoms with E-state index in [2.05, 4.69) is 0 Å². The Morgan fingerprint density at radius 3 is 2.00 bits per heavy atom. The van der Waals surface area contributed by atoms with Gasteiger partial charge in [0.1, 0.15) is 5.82 Å². The molecule has 0 aliphatic rings. The number of para-hydroxylation sites is 2. The van der Waals surface area contributed by atoms with Gasteiger partial charge in [-0.2, -0.15) is 0 Å². The van der Waals surface area contributed by atoms with Gasteiger partial charge in [-0.15, -0.1) is 0 Å². The summed E-state index contributed by atoms with van der Waals surface area (Å²) in [5.74, 6) is -0.931. The molecule has 2 amide bonds. The summed E-state index contributed by atoms with van der Waals surface area (Å²) < 4.78 is 14.1. The fourth-order valence-electron chi connectivity index (χ4n) is 3.16. The minimum absolute atomic E-state index is 0.0790. The number of nitrogens with zero attached hydrogens (tertiary/aromatic N) is 2. The lowest BCUT2D eigenvalue weighted by Crippen LogP contribution is -2.36. The van der Waals surface area contributed by atoms with Crippen LogP contribution in [-0.2, 0) is 16.1 Å². The van der Waals surface area contributed by atoms with E-state index in [1.54, 1.807) is 23.1 Å². The summed E-state index contributed by atoms with van der Waals surface area (Å²) in [6.45, 7) is 1.90. The highest BCUT2D eigenvalue weighted by Crippen LogP contribution is 2.21. The average molecular weight is 390 g/mol. The molecule has 4 nitrogen and oxygen atoms in total.